The number of rotatable bonds is 1. The Kier molecular flexibility index (Phi) is 1.36. The van der Waals surface area contributed by atoms with Crippen LogP contribution < -0.4 is 0 Å². The van der Waals surface area contributed by atoms with Gasteiger partial charge in [0, 0.05) is 0 Å². The standard InChI is InChI=1S/C7H8BrFN2/c1-7(2-3-7)11-6(9)5(8)4-10-11/h4H,2-3H2,1H3. The van der Waals surface area contributed by atoms with Crippen molar-refractivity contribution in [2.24, 2.45) is 0 Å². The monoisotopic (exact) mass is 218 g/mol. The Hall–Kier alpha value is -0.380. The molecule has 1 saturated carbocycles. The summed E-state index contributed by atoms with van der Waals surface area (Å²) in [4.78, 5) is 0. The van der Waals surface area contributed by atoms with Crippen LogP contribution in [0.1, 0.15) is 19.8 Å². The molecule has 0 aliphatic heterocycles. The molecule has 11 heavy (non-hydrogen) atoms. The first-order valence-corrected chi connectivity index (χ1v) is 4.32. The predicted molar refractivity (Wildman–Crippen MR) is 42.8 cm³/mol. The van der Waals surface area contributed by atoms with Crippen molar-refractivity contribution in [3.8, 4) is 0 Å². The van der Waals surface area contributed by atoms with Crippen molar-refractivity contribution >= 4 is 15.9 Å². The zero-order valence-electron chi connectivity index (χ0n) is 6.14. The van der Waals surface area contributed by atoms with Gasteiger partial charge in [-0.1, -0.05) is 0 Å². The summed E-state index contributed by atoms with van der Waals surface area (Å²) >= 11 is 3.08. The molecule has 0 unspecified atom stereocenters. The van der Waals surface area contributed by atoms with Gasteiger partial charge >= 0.3 is 0 Å². The first kappa shape index (κ1) is 7.28. The number of nitrogens with zero attached hydrogens (tertiary/aromatic N) is 2. The zero-order chi connectivity index (χ0) is 8.06. The van der Waals surface area contributed by atoms with Crippen molar-refractivity contribution < 1.29 is 4.39 Å². The largest absolute Gasteiger partial charge is 0.233 e. The molecule has 0 bridgehead atoms. The summed E-state index contributed by atoms with van der Waals surface area (Å²) in [5.41, 5.74) is -0.0455. The fourth-order valence-corrected chi connectivity index (χ4v) is 1.34. The highest BCUT2D eigenvalue weighted by Crippen LogP contribution is 2.43. The van der Waals surface area contributed by atoms with Crippen LogP contribution in [0.4, 0.5) is 4.39 Å². The second kappa shape index (κ2) is 2.06. The van der Waals surface area contributed by atoms with E-state index in [1.54, 1.807) is 0 Å². The van der Waals surface area contributed by atoms with E-state index in [9.17, 15) is 4.39 Å². The van der Waals surface area contributed by atoms with Crippen molar-refractivity contribution in [1.29, 1.82) is 0 Å². The van der Waals surface area contributed by atoms with E-state index in [2.05, 4.69) is 21.0 Å². The smallest absolute Gasteiger partial charge is 0.226 e. The Labute approximate surface area is 72.5 Å². The minimum Gasteiger partial charge on any atom is -0.233 e. The first-order valence-electron chi connectivity index (χ1n) is 3.53. The van der Waals surface area contributed by atoms with Crippen LogP contribution in [0.15, 0.2) is 10.7 Å². The Morgan fingerprint density at radius 2 is 2.36 bits per heavy atom. The lowest BCUT2D eigenvalue weighted by Gasteiger charge is -2.08. The average molecular weight is 219 g/mol. The molecule has 0 aromatic carbocycles. The van der Waals surface area contributed by atoms with Crippen molar-refractivity contribution in [2.75, 3.05) is 0 Å². The lowest BCUT2D eigenvalue weighted by atomic mass is 10.3. The van der Waals surface area contributed by atoms with Crippen LogP contribution >= 0.6 is 15.9 Å². The SMILES string of the molecule is CC1(n2ncc(Br)c2F)CC1. The van der Waals surface area contributed by atoms with Gasteiger partial charge in [-0.25, -0.2) is 4.68 Å². The molecule has 1 aliphatic carbocycles. The van der Waals surface area contributed by atoms with Crippen LogP contribution in [0.5, 0.6) is 0 Å². The third-order valence-electron chi connectivity index (χ3n) is 2.15. The highest BCUT2D eigenvalue weighted by molar-refractivity contribution is 9.10. The normalized spacial score (nSPS) is 20.3. The van der Waals surface area contributed by atoms with Gasteiger partial charge in [-0.2, -0.15) is 9.49 Å². The van der Waals surface area contributed by atoms with E-state index in [0.717, 1.165) is 12.8 Å². The van der Waals surface area contributed by atoms with Crippen LogP contribution in [-0.2, 0) is 5.54 Å². The molecule has 1 heterocycles. The van der Waals surface area contributed by atoms with Gasteiger partial charge < -0.3 is 0 Å². The van der Waals surface area contributed by atoms with E-state index in [4.69, 9.17) is 0 Å². The van der Waals surface area contributed by atoms with Crippen LogP contribution in [0.3, 0.4) is 0 Å². The van der Waals surface area contributed by atoms with Crippen molar-refractivity contribution in [3.05, 3.63) is 16.6 Å². The molecule has 0 amide bonds. The fraction of sp³-hybridized carbons (Fsp3) is 0.571. The van der Waals surface area contributed by atoms with Gasteiger partial charge in [-0.05, 0) is 35.7 Å². The third kappa shape index (κ3) is 1.00. The molecule has 1 aromatic rings. The van der Waals surface area contributed by atoms with Crippen LogP contribution in [-0.4, -0.2) is 9.78 Å². The third-order valence-corrected chi connectivity index (χ3v) is 2.69. The topological polar surface area (TPSA) is 17.8 Å². The van der Waals surface area contributed by atoms with Crippen LogP contribution in [0, 0.1) is 5.95 Å². The lowest BCUT2D eigenvalue weighted by molar-refractivity contribution is 0.377. The maximum absolute atomic E-state index is 13.2. The maximum Gasteiger partial charge on any atom is 0.226 e. The highest BCUT2D eigenvalue weighted by Gasteiger charge is 2.42. The second-order valence-corrected chi connectivity index (χ2v) is 4.05. The van der Waals surface area contributed by atoms with Gasteiger partial charge in [-0.15, -0.1) is 0 Å². The van der Waals surface area contributed by atoms with E-state index in [1.165, 1.54) is 10.9 Å². The molecule has 1 aliphatic rings. The molecule has 0 radical (unpaired) electrons. The van der Waals surface area contributed by atoms with E-state index in [-0.39, 0.29) is 11.5 Å². The molecule has 0 saturated heterocycles. The van der Waals surface area contributed by atoms with Crippen molar-refractivity contribution in [3.63, 3.8) is 0 Å². The minimum absolute atomic E-state index is 0.0455. The summed E-state index contributed by atoms with van der Waals surface area (Å²) < 4.78 is 15.1. The molecule has 0 spiro atoms. The maximum atomic E-state index is 13.2. The summed E-state index contributed by atoms with van der Waals surface area (Å²) in [6, 6.07) is 0. The van der Waals surface area contributed by atoms with E-state index < -0.39 is 0 Å². The molecule has 0 N–H and O–H groups in total. The van der Waals surface area contributed by atoms with Gasteiger partial charge in [-0.3, -0.25) is 0 Å². The summed E-state index contributed by atoms with van der Waals surface area (Å²) in [5, 5.41) is 3.94. The average Bonchev–Trinajstić information content (AvgIpc) is 2.60. The Morgan fingerprint density at radius 1 is 1.73 bits per heavy atom. The number of aromatic nitrogens is 2. The molecule has 0 atom stereocenters. The highest BCUT2D eigenvalue weighted by atomic mass is 79.9. The van der Waals surface area contributed by atoms with Crippen LogP contribution in [0.25, 0.3) is 0 Å². The number of halogens is 2. The molecule has 2 rings (SSSR count). The van der Waals surface area contributed by atoms with Crippen molar-refractivity contribution in [2.45, 2.75) is 25.3 Å². The van der Waals surface area contributed by atoms with Crippen LogP contribution in [0.2, 0.25) is 0 Å². The fourth-order valence-electron chi connectivity index (χ4n) is 1.08. The molecule has 1 aromatic heterocycles. The van der Waals surface area contributed by atoms with Gasteiger partial charge in [0.15, 0.2) is 0 Å². The van der Waals surface area contributed by atoms with Gasteiger partial charge in [0.1, 0.15) is 0 Å². The molecule has 4 heteroatoms. The molecule has 2 nitrogen and oxygen atoms in total. The first-order chi connectivity index (χ1) is 5.13. The summed E-state index contributed by atoms with van der Waals surface area (Å²) in [5.74, 6) is -0.259. The molecular weight excluding hydrogens is 211 g/mol. The lowest BCUT2D eigenvalue weighted by Crippen LogP contribution is -2.15. The van der Waals surface area contributed by atoms with Gasteiger partial charge in [0.25, 0.3) is 0 Å². The number of hydrogen-bond acceptors (Lipinski definition) is 1. The molecular formula is C7H8BrFN2. The zero-order valence-corrected chi connectivity index (χ0v) is 7.73. The summed E-state index contributed by atoms with van der Waals surface area (Å²) in [6.07, 6.45) is 3.55. The quantitative estimate of drug-likeness (QED) is 0.708. The Balaban J connectivity index is 2.45. The molecule has 1 fully saturated rings. The number of hydrogen-bond donors (Lipinski definition) is 0. The molecule has 60 valence electrons. The van der Waals surface area contributed by atoms with Gasteiger partial charge in [0.05, 0.1) is 16.2 Å². The van der Waals surface area contributed by atoms with E-state index in [0.29, 0.717) is 4.47 Å². The van der Waals surface area contributed by atoms with E-state index in [1.807, 2.05) is 6.92 Å². The summed E-state index contributed by atoms with van der Waals surface area (Å²) in [6.45, 7) is 2.01. The second-order valence-electron chi connectivity index (χ2n) is 3.19. The van der Waals surface area contributed by atoms with E-state index >= 15 is 0 Å². The van der Waals surface area contributed by atoms with Gasteiger partial charge in [0.2, 0.25) is 5.95 Å². The Morgan fingerprint density at radius 3 is 2.73 bits per heavy atom. The van der Waals surface area contributed by atoms with Crippen molar-refractivity contribution in [1.82, 2.24) is 9.78 Å². The minimum atomic E-state index is -0.259. The Bertz CT molecular complexity index is 291. The predicted octanol–water partition coefficient (Wildman–Crippen LogP) is 2.29. The summed E-state index contributed by atoms with van der Waals surface area (Å²) in [7, 11) is 0.